The Balaban J connectivity index is 1.45. The molecule has 30 heavy (non-hydrogen) atoms. The molecule has 3 heterocycles. The smallest absolute Gasteiger partial charge is 0.258 e. The molecule has 1 aliphatic heterocycles. The summed E-state index contributed by atoms with van der Waals surface area (Å²) in [7, 11) is 3.33. The Morgan fingerprint density at radius 1 is 1.13 bits per heavy atom. The zero-order chi connectivity index (χ0) is 21.1. The first kappa shape index (κ1) is 20.0. The summed E-state index contributed by atoms with van der Waals surface area (Å²) in [5.41, 5.74) is 1.95. The van der Waals surface area contributed by atoms with E-state index in [4.69, 9.17) is 14.0 Å². The highest BCUT2D eigenvalue weighted by atomic mass is 16.5. The van der Waals surface area contributed by atoms with Crippen LogP contribution in [0.15, 0.2) is 41.1 Å². The van der Waals surface area contributed by atoms with Crippen LogP contribution in [0.5, 0.6) is 11.5 Å². The molecular weight excluding hydrogens is 382 g/mol. The number of anilines is 2. The van der Waals surface area contributed by atoms with Gasteiger partial charge in [-0.3, -0.25) is 0 Å². The molecule has 2 aromatic heterocycles. The minimum Gasteiger partial charge on any atom is -0.497 e. The summed E-state index contributed by atoms with van der Waals surface area (Å²) in [5, 5.41) is 7.58. The highest BCUT2D eigenvalue weighted by molar-refractivity contribution is 5.59. The van der Waals surface area contributed by atoms with E-state index in [2.05, 4.69) is 25.3 Å². The van der Waals surface area contributed by atoms with Crippen molar-refractivity contribution in [2.75, 3.05) is 37.5 Å². The Morgan fingerprint density at radius 2 is 1.90 bits per heavy atom. The molecule has 3 aromatic rings. The van der Waals surface area contributed by atoms with Gasteiger partial charge in [-0.2, -0.15) is 4.98 Å². The molecule has 1 atom stereocenters. The number of ether oxygens (including phenoxy) is 2. The Hall–Kier alpha value is -3.29. The zero-order valence-corrected chi connectivity index (χ0v) is 17.8. The number of hydrogen-bond donors (Lipinski definition) is 1. The van der Waals surface area contributed by atoms with Gasteiger partial charge < -0.3 is 24.2 Å². The van der Waals surface area contributed by atoms with Crippen molar-refractivity contribution in [1.29, 1.82) is 0 Å². The summed E-state index contributed by atoms with van der Waals surface area (Å²) >= 11 is 0. The van der Waals surface area contributed by atoms with Gasteiger partial charge in [0.1, 0.15) is 17.3 Å². The molecule has 1 saturated heterocycles. The summed E-state index contributed by atoms with van der Waals surface area (Å²) in [6.07, 6.45) is 2.76. The van der Waals surface area contributed by atoms with Gasteiger partial charge in [0.25, 0.3) is 5.89 Å². The predicted molar refractivity (Wildman–Crippen MR) is 115 cm³/mol. The van der Waals surface area contributed by atoms with Crippen LogP contribution >= 0.6 is 0 Å². The van der Waals surface area contributed by atoms with Crippen molar-refractivity contribution in [2.24, 2.45) is 0 Å². The molecule has 1 aliphatic rings. The van der Waals surface area contributed by atoms with Crippen molar-refractivity contribution < 1.29 is 14.0 Å². The molecule has 1 aromatic carbocycles. The van der Waals surface area contributed by atoms with E-state index < -0.39 is 0 Å². The van der Waals surface area contributed by atoms with Gasteiger partial charge in [-0.05, 0) is 18.6 Å². The van der Waals surface area contributed by atoms with Crippen molar-refractivity contribution in [3.8, 4) is 23.0 Å². The lowest BCUT2D eigenvalue weighted by Gasteiger charge is -2.21. The van der Waals surface area contributed by atoms with Crippen LogP contribution in [0.1, 0.15) is 32.0 Å². The zero-order valence-electron chi connectivity index (χ0n) is 17.8. The Kier molecular flexibility index (Phi) is 5.74. The van der Waals surface area contributed by atoms with Crippen LogP contribution in [0.3, 0.4) is 0 Å². The second-order valence-corrected chi connectivity index (χ2v) is 7.69. The normalized spacial score (nSPS) is 16.2. The molecule has 1 unspecified atom stereocenters. The highest BCUT2D eigenvalue weighted by Crippen LogP contribution is 2.31. The number of aromatic nitrogens is 3. The van der Waals surface area contributed by atoms with Crippen LogP contribution in [0.2, 0.25) is 0 Å². The fourth-order valence-electron chi connectivity index (χ4n) is 3.53. The van der Waals surface area contributed by atoms with Crippen molar-refractivity contribution >= 4 is 11.5 Å². The average molecular weight is 409 g/mol. The number of pyridine rings is 1. The van der Waals surface area contributed by atoms with Crippen LogP contribution < -0.4 is 19.7 Å². The number of methoxy groups -OCH3 is 2. The van der Waals surface area contributed by atoms with E-state index in [-0.39, 0.29) is 12.0 Å². The van der Waals surface area contributed by atoms with Crippen LogP contribution in [-0.2, 0) is 0 Å². The number of hydrogen-bond acceptors (Lipinski definition) is 8. The minimum absolute atomic E-state index is 0.224. The number of rotatable bonds is 7. The van der Waals surface area contributed by atoms with Gasteiger partial charge in [0, 0.05) is 60.7 Å². The molecule has 0 amide bonds. The molecule has 0 spiro atoms. The molecule has 0 radical (unpaired) electrons. The van der Waals surface area contributed by atoms with Gasteiger partial charge >= 0.3 is 0 Å². The largest absolute Gasteiger partial charge is 0.497 e. The fourth-order valence-corrected chi connectivity index (χ4v) is 3.53. The van der Waals surface area contributed by atoms with Crippen LogP contribution in [0.4, 0.5) is 11.5 Å². The minimum atomic E-state index is 0.224. The molecule has 0 aliphatic carbocycles. The van der Waals surface area contributed by atoms with E-state index in [1.165, 1.54) is 0 Å². The molecule has 1 fully saturated rings. The lowest BCUT2D eigenvalue weighted by Crippen LogP contribution is -2.26. The van der Waals surface area contributed by atoms with Crippen molar-refractivity contribution in [1.82, 2.24) is 15.1 Å². The third kappa shape index (κ3) is 4.32. The molecule has 0 bridgehead atoms. The third-order valence-corrected chi connectivity index (χ3v) is 5.21. The molecule has 8 heteroatoms. The van der Waals surface area contributed by atoms with E-state index in [9.17, 15) is 0 Å². The van der Waals surface area contributed by atoms with Gasteiger partial charge in [-0.15, -0.1) is 0 Å². The van der Waals surface area contributed by atoms with E-state index in [1.54, 1.807) is 20.4 Å². The molecule has 0 saturated carbocycles. The maximum Gasteiger partial charge on any atom is 0.258 e. The van der Waals surface area contributed by atoms with Gasteiger partial charge in [0.15, 0.2) is 5.82 Å². The molecule has 1 N–H and O–H groups in total. The monoisotopic (exact) mass is 409 g/mol. The fraction of sp³-hybridized carbons (Fsp3) is 0.409. The molecule has 8 nitrogen and oxygen atoms in total. The first-order valence-corrected chi connectivity index (χ1v) is 10.1. The first-order chi connectivity index (χ1) is 14.6. The van der Waals surface area contributed by atoms with E-state index in [1.807, 2.05) is 44.2 Å². The highest BCUT2D eigenvalue weighted by Gasteiger charge is 2.24. The van der Waals surface area contributed by atoms with Gasteiger partial charge in [-0.1, -0.05) is 19.0 Å². The lowest BCUT2D eigenvalue weighted by molar-refractivity contribution is 0.394. The molecule has 4 rings (SSSR count). The number of nitrogens with zero attached hydrogens (tertiary/aromatic N) is 4. The van der Waals surface area contributed by atoms with Crippen molar-refractivity contribution in [3.63, 3.8) is 0 Å². The Bertz CT molecular complexity index is 982. The van der Waals surface area contributed by atoms with Crippen LogP contribution in [0.25, 0.3) is 11.5 Å². The summed E-state index contributed by atoms with van der Waals surface area (Å²) in [4.78, 5) is 11.3. The van der Waals surface area contributed by atoms with E-state index in [0.29, 0.717) is 11.7 Å². The summed E-state index contributed by atoms with van der Waals surface area (Å²) in [6, 6.07) is 10.1. The molecular formula is C22H27N5O3. The average Bonchev–Trinajstić information content (AvgIpc) is 3.44. The topological polar surface area (TPSA) is 85.5 Å². The van der Waals surface area contributed by atoms with E-state index in [0.717, 1.165) is 48.1 Å². The van der Waals surface area contributed by atoms with Gasteiger partial charge in [-0.25, -0.2) is 4.98 Å². The van der Waals surface area contributed by atoms with E-state index >= 15 is 0 Å². The summed E-state index contributed by atoms with van der Waals surface area (Å²) < 4.78 is 16.2. The summed E-state index contributed by atoms with van der Waals surface area (Å²) in [6.45, 7) is 5.88. The van der Waals surface area contributed by atoms with Crippen LogP contribution in [0, 0.1) is 0 Å². The van der Waals surface area contributed by atoms with Crippen LogP contribution in [-0.4, -0.2) is 48.5 Å². The second-order valence-electron chi connectivity index (χ2n) is 7.69. The number of nitrogens with one attached hydrogen (secondary N) is 1. The Labute approximate surface area is 176 Å². The van der Waals surface area contributed by atoms with Gasteiger partial charge in [0.2, 0.25) is 0 Å². The second kappa shape index (κ2) is 8.61. The summed E-state index contributed by atoms with van der Waals surface area (Å²) in [5.74, 6) is 3.82. The lowest BCUT2D eigenvalue weighted by atomic mass is 10.2. The quantitative estimate of drug-likeness (QED) is 0.628. The maximum atomic E-state index is 5.41. The molecule has 158 valence electrons. The number of benzene rings is 1. The third-order valence-electron chi connectivity index (χ3n) is 5.21. The van der Waals surface area contributed by atoms with Gasteiger partial charge in [0.05, 0.1) is 14.2 Å². The first-order valence-electron chi connectivity index (χ1n) is 10.1. The maximum absolute atomic E-state index is 5.41. The van der Waals surface area contributed by atoms with Crippen molar-refractivity contribution in [3.05, 3.63) is 42.4 Å². The standard InChI is InChI=1S/C22H27N5O3/c1-14(2)21-25-22(30-26-21)15-5-7-23-20(9-15)24-16-6-8-27(13-16)17-10-18(28-3)12-19(11-17)29-4/h5,7,9-12,14,16H,6,8,13H2,1-4H3,(H,23,24). The van der Waals surface area contributed by atoms with Crippen molar-refractivity contribution in [2.45, 2.75) is 32.2 Å². The Morgan fingerprint density at radius 3 is 2.57 bits per heavy atom. The SMILES string of the molecule is COc1cc(OC)cc(N2CCC(Nc3cc(-c4nc(C(C)C)no4)ccn3)C2)c1. The predicted octanol–water partition coefficient (Wildman–Crippen LogP) is 3.96.